The summed E-state index contributed by atoms with van der Waals surface area (Å²) in [6.45, 7) is 11.5. The van der Waals surface area contributed by atoms with Crippen molar-refractivity contribution in [1.29, 1.82) is 0 Å². The zero-order chi connectivity index (χ0) is 12.3. The van der Waals surface area contributed by atoms with Crippen LogP contribution in [0.2, 0.25) is 0 Å². The average molecular weight is 221 g/mol. The molecule has 0 fully saturated rings. The fourth-order valence-corrected chi connectivity index (χ4v) is 1.57. The lowest BCUT2D eigenvalue weighted by Crippen LogP contribution is -2.35. The molecule has 16 heavy (non-hydrogen) atoms. The smallest absolute Gasteiger partial charge is 0.0668 e. The molecule has 0 amide bonds. The molecular formula is C13H23N3. The van der Waals surface area contributed by atoms with Gasteiger partial charge in [-0.3, -0.25) is 4.68 Å². The van der Waals surface area contributed by atoms with Crippen LogP contribution >= 0.6 is 0 Å². The summed E-state index contributed by atoms with van der Waals surface area (Å²) in [5.41, 5.74) is 3.71. The molecule has 1 aromatic rings. The van der Waals surface area contributed by atoms with E-state index in [0.29, 0.717) is 0 Å². The van der Waals surface area contributed by atoms with Crippen molar-refractivity contribution in [2.75, 3.05) is 6.54 Å². The molecule has 0 aliphatic carbocycles. The minimum absolute atomic E-state index is 0.170. The zero-order valence-corrected chi connectivity index (χ0v) is 11.3. The lowest BCUT2D eigenvalue weighted by Gasteiger charge is -2.18. The Hall–Kier alpha value is -1.09. The number of aryl methyl sites for hydroxylation is 2. The Morgan fingerprint density at radius 3 is 2.38 bits per heavy atom. The Balaban J connectivity index is 2.63. The average Bonchev–Trinajstić information content (AvgIpc) is 2.36. The first-order valence-corrected chi connectivity index (χ1v) is 5.73. The maximum atomic E-state index is 4.38. The maximum absolute atomic E-state index is 4.38. The summed E-state index contributed by atoms with van der Waals surface area (Å²) in [5, 5.41) is 7.81. The Morgan fingerprint density at radius 2 is 1.94 bits per heavy atom. The highest BCUT2D eigenvalue weighted by Crippen LogP contribution is 2.13. The molecule has 0 saturated carbocycles. The number of rotatable bonds is 3. The van der Waals surface area contributed by atoms with Crippen LogP contribution in [0.15, 0.2) is 6.08 Å². The van der Waals surface area contributed by atoms with Gasteiger partial charge in [0.25, 0.3) is 0 Å². The third-order valence-electron chi connectivity index (χ3n) is 2.60. The largest absolute Gasteiger partial charge is 0.309 e. The molecule has 1 heterocycles. The van der Waals surface area contributed by atoms with E-state index in [0.717, 1.165) is 12.2 Å². The van der Waals surface area contributed by atoms with Crippen LogP contribution in [0.1, 0.15) is 37.7 Å². The van der Waals surface area contributed by atoms with Crippen molar-refractivity contribution in [3.05, 3.63) is 23.0 Å². The van der Waals surface area contributed by atoms with Gasteiger partial charge in [0.1, 0.15) is 0 Å². The minimum Gasteiger partial charge on any atom is -0.309 e. The summed E-state index contributed by atoms with van der Waals surface area (Å²) in [6.07, 6.45) is 4.30. The monoisotopic (exact) mass is 221 g/mol. The van der Waals surface area contributed by atoms with Gasteiger partial charge >= 0.3 is 0 Å². The van der Waals surface area contributed by atoms with Gasteiger partial charge < -0.3 is 5.32 Å². The fourth-order valence-electron chi connectivity index (χ4n) is 1.57. The van der Waals surface area contributed by atoms with Gasteiger partial charge in [-0.05, 0) is 34.6 Å². The standard InChI is InChI=1S/C13H23N3/c1-10-12(11(2)16(6)15-10)8-7-9-14-13(3,4)5/h7-8,14H,9H2,1-6H3. The number of hydrogen-bond donors (Lipinski definition) is 1. The Morgan fingerprint density at radius 1 is 1.31 bits per heavy atom. The van der Waals surface area contributed by atoms with E-state index in [1.807, 2.05) is 18.7 Å². The van der Waals surface area contributed by atoms with Crippen molar-refractivity contribution < 1.29 is 0 Å². The summed E-state index contributed by atoms with van der Waals surface area (Å²) in [4.78, 5) is 0. The van der Waals surface area contributed by atoms with Crippen molar-refractivity contribution in [3.8, 4) is 0 Å². The van der Waals surface area contributed by atoms with Crippen molar-refractivity contribution in [2.45, 2.75) is 40.2 Å². The van der Waals surface area contributed by atoms with E-state index in [2.05, 4.69) is 50.3 Å². The van der Waals surface area contributed by atoms with Crippen LogP contribution in [-0.4, -0.2) is 21.9 Å². The SMILES string of the molecule is Cc1nn(C)c(C)c1C=CCNC(C)(C)C. The second-order valence-corrected chi connectivity index (χ2v) is 5.24. The van der Waals surface area contributed by atoms with E-state index < -0.39 is 0 Å². The van der Waals surface area contributed by atoms with E-state index in [-0.39, 0.29) is 5.54 Å². The van der Waals surface area contributed by atoms with Crippen molar-refractivity contribution in [1.82, 2.24) is 15.1 Å². The third kappa shape index (κ3) is 3.49. The highest BCUT2D eigenvalue weighted by molar-refractivity contribution is 5.54. The van der Waals surface area contributed by atoms with Crippen LogP contribution in [-0.2, 0) is 7.05 Å². The van der Waals surface area contributed by atoms with Crippen molar-refractivity contribution >= 4 is 6.08 Å². The van der Waals surface area contributed by atoms with Gasteiger partial charge in [0, 0.05) is 30.4 Å². The van der Waals surface area contributed by atoms with E-state index in [1.165, 1.54) is 11.3 Å². The van der Waals surface area contributed by atoms with E-state index in [1.54, 1.807) is 0 Å². The molecule has 0 aliphatic heterocycles. The van der Waals surface area contributed by atoms with E-state index in [4.69, 9.17) is 0 Å². The molecule has 3 nitrogen and oxygen atoms in total. The fraction of sp³-hybridized carbons (Fsp3) is 0.615. The summed E-state index contributed by atoms with van der Waals surface area (Å²) in [5.74, 6) is 0. The molecule has 0 unspecified atom stereocenters. The molecule has 0 radical (unpaired) electrons. The third-order valence-corrected chi connectivity index (χ3v) is 2.60. The quantitative estimate of drug-likeness (QED) is 0.849. The molecule has 1 aromatic heterocycles. The molecule has 0 aliphatic rings. The Labute approximate surface area is 98.5 Å². The van der Waals surface area contributed by atoms with Crippen LogP contribution < -0.4 is 5.32 Å². The van der Waals surface area contributed by atoms with Gasteiger partial charge in [-0.1, -0.05) is 12.2 Å². The first-order chi connectivity index (χ1) is 7.31. The number of nitrogens with one attached hydrogen (secondary N) is 1. The number of hydrogen-bond acceptors (Lipinski definition) is 2. The van der Waals surface area contributed by atoms with E-state index in [9.17, 15) is 0 Å². The molecule has 0 saturated heterocycles. The Bertz CT molecular complexity index is 381. The van der Waals surface area contributed by atoms with Crippen LogP contribution in [0, 0.1) is 13.8 Å². The molecule has 0 aromatic carbocycles. The second kappa shape index (κ2) is 4.83. The zero-order valence-electron chi connectivity index (χ0n) is 11.3. The first-order valence-electron chi connectivity index (χ1n) is 5.73. The van der Waals surface area contributed by atoms with Crippen LogP contribution in [0.5, 0.6) is 0 Å². The summed E-state index contributed by atoms with van der Waals surface area (Å²) in [7, 11) is 1.98. The molecule has 3 heteroatoms. The van der Waals surface area contributed by atoms with Crippen LogP contribution in [0.4, 0.5) is 0 Å². The van der Waals surface area contributed by atoms with Gasteiger partial charge in [-0.2, -0.15) is 5.10 Å². The van der Waals surface area contributed by atoms with Gasteiger partial charge in [0.2, 0.25) is 0 Å². The lowest BCUT2D eigenvalue weighted by molar-refractivity contribution is 0.450. The van der Waals surface area contributed by atoms with Gasteiger partial charge in [0.05, 0.1) is 5.69 Å². The first kappa shape index (κ1) is 13.0. The topological polar surface area (TPSA) is 29.9 Å². The predicted molar refractivity (Wildman–Crippen MR) is 69.5 cm³/mol. The maximum Gasteiger partial charge on any atom is 0.0668 e. The number of aromatic nitrogens is 2. The molecule has 90 valence electrons. The normalized spacial score (nSPS) is 12.6. The Kier molecular flexibility index (Phi) is 3.92. The van der Waals surface area contributed by atoms with Crippen LogP contribution in [0.25, 0.3) is 6.08 Å². The second-order valence-electron chi connectivity index (χ2n) is 5.24. The predicted octanol–water partition coefficient (Wildman–Crippen LogP) is 2.44. The van der Waals surface area contributed by atoms with Gasteiger partial charge in [0.15, 0.2) is 0 Å². The van der Waals surface area contributed by atoms with Gasteiger partial charge in [-0.25, -0.2) is 0 Å². The number of nitrogens with zero attached hydrogens (tertiary/aromatic N) is 2. The molecular weight excluding hydrogens is 198 g/mol. The molecule has 1 N–H and O–H groups in total. The molecule has 0 bridgehead atoms. The molecule has 1 rings (SSSR count). The molecule has 0 spiro atoms. The van der Waals surface area contributed by atoms with Crippen molar-refractivity contribution in [2.24, 2.45) is 7.05 Å². The summed E-state index contributed by atoms with van der Waals surface area (Å²) < 4.78 is 1.92. The summed E-state index contributed by atoms with van der Waals surface area (Å²) in [6, 6.07) is 0. The minimum atomic E-state index is 0.170. The van der Waals surface area contributed by atoms with Crippen LogP contribution in [0.3, 0.4) is 0 Å². The van der Waals surface area contributed by atoms with E-state index >= 15 is 0 Å². The highest BCUT2D eigenvalue weighted by atomic mass is 15.3. The van der Waals surface area contributed by atoms with Gasteiger partial charge in [-0.15, -0.1) is 0 Å². The molecule has 0 atom stereocenters. The summed E-state index contributed by atoms with van der Waals surface area (Å²) >= 11 is 0. The van der Waals surface area contributed by atoms with Crippen molar-refractivity contribution in [3.63, 3.8) is 0 Å². The lowest BCUT2D eigenvalue weighted by atomic mass is 10.1. The highest BCUT2D eigenvalue weighted by Gasteiger charge is 2.07.